The smallest absolute Gasteiger partial charge is 0.326 e. The lowest BCUT2D eigenvalue weighted by molar-refractivity contribution is -0.139. The molecule has 0 saturated heterocycles. The molecule has 1 unspecified atom stereocenters. The fraction of sp³-hybridized carbons (Fsp3) is 0.389. The number of ether oxygens (including phenoxy) is 1. The summed E-state index contributed by atoms with van der Waals surface area (Å²) in [6.45, 7) is 6.12. The molecule has 25 heavy (non-hydrogen) atoms. The van der Waals surface area contributed by atoms with E-state index in [-0.39, 0.29) is 18.0 Å². The van der Waals surface area contributed by atoms with E-state index in [9.17, 15) is 9.59 Å². The van der Waals surface area contributed by atoms with Crippen LogP contribution >= 0.6 is 0 Å². The zero-order valence-electron chi connectivity index (χ0n) is 14.6. The third-order valence-corrected chi connectivity index (χ3v) is 3.50. The monoisotopic (exact) mass is 345 g/mol. The highest BCUT2D eigenvalue weighted by molar-refractivity contribution is 5.97. The van der Waals surface area contributed by atoms with Crippen LogP contribution in [0.4, 0.5) is 0 Å². The van der Waals surface area contributed by atoms with E-state index in [0.29, 0.717) is 12.4 Å². The van der Waals surface area contributed by atoms with Gasteiger partial charge in [0.1, 0.15) is 6.04 Å². The van der Waals surface area contributed by atoms with Crippen molar-refractivity contribution >= 4 is 11.9 Å². The largest absolute Gasteiger partial charge is 0.489 e. The van der Waals surface area contributed by atoms with Crippen LogP contribution in [0.3, 0.4) is 0 Å². The summed E-state index contributed by atoms with van der Waals surface area (Å²) in [5.74, 6) is -1.04. The van der Waals surface area contributed by atoms with Crippen LogP contribution in [0.2, 0.25) is 0 Å². The highest BCUT2D eigenvalue weighted by atomic mass is 16.5. The highest BCUT2D eigenvalue weighted by Crippen LogP contribution is 2.21. The summed E-state index contributed by atoms with van der Waals surface area (Å²) in [5.41, 5.74) is 0.852. The van der Waals surface area contributed by atoms with Gasteiger partial charge in [0.25, 0.3) is 5.91 Å². The van der Waals surface area contributed by atoms with Gasteiger partial charge in [0.2, 0.25) is 0 Å². The van der Waals surface area contributed by atoms with E-state index in [1.54, 1.807) is 17.8 Å². The second-order valence-electron chi connectivity index (χ2n) is 6.10. The number of aromatic nitrogens is 2. The summed E-state index contributed by atoms with van der Waals surface area (Å²) in [5, 5.41) is 15.9. The average molecular weight is 345 g/mol. The number of hydrogen-bond acceptors (Lipinski definition) is 4. The molecule has 2 N–H and O–H groups in total. The van der Waals surface area contributed by atoms with Crippen molar-refractivity contribution in [3.05, 3.63) is 42.2 Å². The molecule has 1 aromatic carbocycles. The van der Waals surface area contributed by atoms with Crippen LogP contribution in [0.15, 0.2) is 36.5 Å². The van der Waals surface area contributed by atoms with Crippen LogP contribution in [0.1, 0.15) is 37.7 Å². The number of carboxylic acids is 1. The number of nitrogens with one attached hydrogen (secondary N) is 1. The molecule has 0 bridgehead atoms. The van der Waals surface area contributed by atoms with Gasteiger partial charge in [-0.2, -0.15) is 5.10 Å². The van der Waals surface area contributed by atoms with E-state index in [0.717, 1.165) is 5.69 Å². The van der Waals surface area contributed by atoms with Crippen LogP contribution in [-0.2, 0) is 4.79 Å². The Balaban J connectivity index is 2.31. The van der Waals surface area contributed by atoms with Crippen LogP contribution in [0.5, 0.6) is 5.75 Å². The maximum absolute atomic E-state index is 12.5. The number of hydrogen-bond donors (Lipinski definition) is 2. The van der Waals surface area contributed by atoms with Crippen molar-refractivity contribution in [3.8, 4) is 11.4 Å². The minimum absolute atomic E-state index is 0.0733. The maximum Gasteiger partial charge on any atom is 0.326 e. The Morgan fingerprint density at radius 1 is 1.28 bits per heavy atom. The van der Waals surface area contributed by atoms with Crippen LogP contribution < -0.4 is 10.1 Å². The molecular formula is C18H23N3O4. The summed E-state index contributed by atoms with van der Waals surface area (Å²) in [6.07, 6.45) is 1.91. The summed E-state index contributed by atoms with van der Waals surface area (Å²) in [4.78, 5) is 23.7. The molecule has 1 amide bonds. The van der Waals surface area contributed by atoms with Gasteiger partial charge in [0.15, 0.2) is 11.4 Å². The standard InChI is InChI=1S/C18H23N3O4/c1-4-14(18(23)24)19-17(22)16-15(25-11-12(2)3)10-21(20-16)13-8-6-5-7-9-13/h5-10,12,14H,4,11H2,1-3H3,(H,19,22)(H,23,24). The van der Waals surface area contributed by atoms with Gasteiger partial charge in [0, 0.05) is 0 Å². The van der Waals surface area contributed by atoms with Crippen molar-refractivity contribution in [2.24, 2.45) is 5.92 Å². The maximum atomic E-state index is 12.5. The van der Waals surface area contributed by atoms with Crippen LogP contribution in [0, 0.1) is 5.92 Å². The third-order valence-electron chi connectivity index (χ3n) is 3.50. The Labute approximate surface area is 146 Å². The number of rotatable bonds is 8. The van der Waals surface area contributed by atoms with Gasteiger partial charge in [-0.05, 0) is 24.5 Å². The van der Waals surface area contributed by atoms with Gasteiger partial charge in [-0.25, -0.2) is 9.48 Å². The second kappa shape index (κ2) is 8.32. The number of carbonyl (C=O) groups is 2. The SMILES string of the molecule is CCC(NC(=O)c1nn(-c2ccccc2)cc1OCC(C)C)C(=O)O. The number of para-hydroxylation sites is 1. The van der Waals surface area contributed by atoms with Gasteiger partial charge < -0.3 is 15.2 Å². The molecule has 2 rings (SSSR count). The Bertz CT molecular complexity index is 725. The van der Waals surface area contributed by atoms with E-state index < -0.39 is 17.9 Å². The fourth-order valence-corrected chi connectivity index (χ4v) is 2.16. The lowest BCUT2D eigenvalue weighted by Gasteiger charge is -2.12. The molecule has 0 fully saturated rings. The van der Waals surface area contributed by atoms with E-state index in [2.05, 4.69) is 10.4 Å². The van der Waals surface area contributed by atoms with Gasteiger partial charge in [-0.3, -0.25) is 4.79 Å². The van der Waals surface area contributed by atoms with Crippen molar-refractivity contribution in [1.82, 2.24) is 15.1 Å². The minimum Gasteiger partial charge on any atom is -0.489 e. The fourth-order valence-electron chi connectivity index (χ4n) is 2.16. The number of aliphatic carboxylic acids is 1. The highest BCUT2D eigenvalue weighted by Gasteiger charge is 2.24. The predicted octanol–water partition coefficient (Wildman–Crippen LogP) is 2.50. The molecule has 0 aliphatic carbocycles. The molecule has 0 spiro atoms. The van der Waals surface area contributed by atoms with Crippen LogP contribution in [-0.4, -0.2) is 39.4 Å². The zero-order chi connectivity index (χ0) is 18.4. The van der Waals surface area contributed by atoms with E-state index in [1.807, 2.05) is 44.2 Å². The summed E-state index contributed by atoms with van der Waals surface area (Å²) in [7, 11) is 0. The summed E-state index contributed by atoms with van der Waals surface area (Å²) in [6, 6.07) is 8.36. The normalized spacial score (nSPS) is 12.0. The quantitative estimate of drug-likeness (QED) is 0.767. The van der Waals surface area contributed by atoms with E-state index in [1.165, 1.54) is 0 Å². The molecule has 2 aromatic rings. The van der Waals surface area contributed by atoms with Crippen molar-refractivity contribution in [3.63, 3.8) is 0 Å². The Morgan fingerprint density at radius 3 is 2.52 bits per heavy atom. The first-order valence-corrected chi connectivity index (χ1v) is 8.24. The predicted molar refractivity (Wildman–Crippen MR) is 93.1 cm³/mol. The van der Waals surface area contributed by atoms with Crippen LogP contribution in [0.25, 0.3) is 5.69 Å². The molecular weight excluding hydrogens is 322 g/mol. The molecule has 0 radical (unpaired) electrons. The Hall–Kier alpha value is -2.83. The number of carboxylic acid groups (broad SMARTS) is 1. The molecule has 1 aromatic heterocycles. The number of carbonyl (C=O) groups excluding carboxylic acids is 1. The molecule has 7 nitrogen and oxygen atoms in total. The minimum atomic E-state index is -1.08. The van der Waals surface area contributed by atoms with Gasteiger partial charge in [-0.15, -0.1) is 0 Å². The lowest BCUT2D eigenvalue weighted by atomic mass is 10.2. The van der Waals surface area contributed by atoms with E-state index >= 15 is 0 Å². The Kier molecular flexibility index (Phi) is 6.16. The lowest BCUT2D eigenvalue weighted by Crippen LogP contribution is -2.40. The van der Waals surface area contributed by atoms with Crippen molar-refractivity contribution in [2.75, 3.05) is 6.61 Å². The first-order chi connectivity index (χ1) is 11.9. The Morgan fingerprint density at radius 2 is 1.96 bits per heavy atom. The number of amides is 1. The molecule has 0 saturated carbocycles. The molecule has 134 valence electrons. The van der Waals surface area contributed by atoms with Crippen molar-refractivity contribution in [2.45, 2.75) is 33.2 Å². The first-order valence-electron chi connectivity index (χ1n) is 8.24. The van der Waals surface area contributed by atoms with Gasteiger partial charge >= 0.3 is 5.97 Å². The van der Waals surface area contributed by atoms with Crippen molar-refractivity contribution < 1.29 is 19.4 Å². The molecule has 7 heteroatoms. The van der Waals surface area contributed by atoms with E-state index in [4.69, 9.17) is 9.84 Å². The molecule has 1 atom stereocenters. The first kappa shape index (κ1) is 18.5. The second-order valence-corrected chi connectivity index (χ2v) is 6.10. The molecule has 1 heterocycles. The third kappa shape index (κ3) is 4.82. The number of benzene rings is 1. The summed E-state index contributed by atoms with van der Waals surface area (Å²) >= 11 is 0. The zero-order valence-corrected chi connectivity index (χ0v) is 14.6. The molecule has 0 aliphatic heterocycles. The van der Waals surface area contributed by atoms with Gasteiger partial charge in [0.05, 0.1) is 18.5 Å². The molecule has 0 aliphatic rings. The number of nitrogens with zero attached hydrogens (tertiary/aromatic N) is 2. The average Bonchev–Trinajstić information content (AvgIpc) is 3.02. The van der Waals surface area contributed by atoms with Gasteiger partial charge in [-0.1, -0.05) is 39.0 Å². The summed E-state index contributed by atoms with van der Waals surface area (Å²) < 4.78 is 7.25. The van der Waals surface area contributed by atoms with Crippen molar-refractivity contribution in [1.29, 1.82) is 0 Å². The topological polar surface area (TPSA) is 93.5 Å².